The molecule has 0 aliphatic carbocycles. The molecule has 1 aromatic heterocycles. The van der Waals surface area contributed by atoms with Crippen molar-refractivity contribution in [2.45, 2.75) is 30.2 Å². The summed E-state index contributed by atoms with van der Waals surface area (Å²) in [6.45, 7) is 2.93. The molecular weight excluding hydrogens is 304 g/mol. The minimum atomic E-state index is -3.69. The van der Waals surface area contributed by atoms with Crippen molar-refractivity contribution in [1.29, 1.82) is 0 Å². The first-order valence-corrected chi connectivity index (χ1v) is 7.96. The number of sulfonamides is 1. The lowest BCUT2D eigenvalue weighted by Gasteiger charge is -2.33. The Bertz CT molecular complexity index is 587. The minimum Gasteiger partial charge on any atom is -0.381 e. The quantitative estimate of drug-likeness (QED) is 0.561. The summed E-state index contributed by atoms with van der Waals surface area (Å²) in [6, 6.07) is 1.31. The van der Waals surface area contributed by atoms with Gasteiger partial charge in [-0.1, -0.05) is 11.6 Å². The van der Waals surface area contributed by atoms with Crippen LogP contribution in [0, 0.1) is 0 Å². The average molecular weight is 321 g/mol. The third-order valence-corrected chi connectivity index (χ3v) is 5.13. The van der Waals surface area contributed by atoms with E-state index in [-0.39, 0.29) is 15.7 Å². The maximum absolute atomic E-state index is 12.4. The monoisotopic (exact) mass is 320 g/mol. The molecule has 4 N–H and O–H groups in total. The van der Waals surface area contributed by atoms with Crippen LogP contribution in [-0.2, 0) is 14.8 Å². The van der Waals surface area contributed by atoms with E-state index in [1.54, 1.807) is 0 Å². The highest BCUT2D eigenvalue weighted by Crippen LogP contribution is 2.25. The first-order chi connectivity index (χ1) is 9.36. The van der Waals surface area contributed by atoms with Crippen molar-refractivity contribution in [2.24, 2.45) is 5.84 Å². The van der Waals surface area contributed by atoms with Gasteiger partial charge in [0.2, 0.25) is 10.0 Å². The van der Waals surface area contributed by atoms with Crippen molar-refractivity contribution < 1.29 is 13.2 Å². The van der Waals surface area contributed by atoms with Gasteiger partial charge in [0.15, 0.2) is 5.82 Å². The first-order valence-electron chi connectivity index (χ1n) is 6.10. The first kappa shape index (κ1) is 15.5. The number of hydrogen-bond acceptors (Lipinski definition) is 6. The summed E-state index contributed by atoms with van der Waals surface area (Å²) in [6.07, 6.45) is 2.46. The van der Waals surface area contributed by atoms with Gasteiger partial charge in [0.25, 0.3) is 0 Å². The Labute approximate surface area is 122 Å². The predicted octanol–water partition coefficient (Wildman–Crippen LogP) is 0.868. The van der Waals surface area contributed by atoms with Crippen molar-refractivity contribution in [2.75, 3.05) is 18.6 Å². The second-order valence-corrected chi connectivity index (χ2v) is 7.01. The molecule has 0 radical (unpaired) electrons. The number of nitrogens with two attached hydrogens (primary N) is 1. The van der Waals surface area contributed by atoms with Crippen LogP contribution < -0.4 is 16.0 Å². The SMILES string of the molecule is CC1(NS(=O)(=O)c2cnc(NN)c(Cl)c2)CCOCC1. The molecule has 1 aliphatic rings. The summed E-state index contributed by atoms with van der Waals surface area (Å²) in [5.41, 5.74) is 1.77. The molecular formula is C11H17ClN4O3S. The van der Waals surface area contributed by atoms with Gasteiger partial charge < -0.3 is 10.2 Å². The lowest BCUT2D eigenvalue weighted by molar-refractivity contribution is 0.0537. The molecule has 1 saturated heterocycles. The molecule has 2 rings (SSSR count). The van der Waals surface area contributed by atoms with E-state index in [0.29, 0.717) is 26.1 Å². The van der Waals surface area contributed by atoms with E-state index in [4.69, 9.17) is 22.2 Å². The molecule has 0 amide bonds. The van der Waals surface area contributed by atoms with E-state index >= 15 is 0 Å². The van der Waals surface area contributed by atoms with Crippen LogP contribution >= 0.6 is 11.6 Å². The van der Waals surface area contributed by atoms with E-state index in [1.807, 2.05) is 6.92 Å². The minimum absolute atomic E-state index is 0.00853. The van der Waals surface area contributed by atoms with Gasteiger partial charge in [-0.05, 0) is 25.8 Å². The Morgan fingerprint density at radius 1 is 1.45 bits per heavy atom. The molecule has 20 heavy (non-hydrogen) atoms. The Kier molecular flexibility index (Phi) is 4.50. The lowest BCUT2D eigenvalue weighted by Crippen LogP contribution is -2.49. The zero-order chi connectivity index (χ0) is 14.8. The smallest absolute Gasteiger partial charge is 0.242 e. The molecule has 0 unspecified atom stereocenters. The molecule has 0 spiro atoms. The number of nitrogens with one attached hydrogen (secondary N) is 2. The van der Waals surface area contributed by atoms with E-state index in [0.717, 1.165) is 0 Å². The number of anilines is 1. The molecule has 0 aromatic carbocycles. The maximum atomic E-state index is 12.4. The van der Waals surface area contributed by atoms with Crippen LogP contribution in [0.1, 0.15) is 19.8 Å². The number of nitrogen functional groups attached to an aromatic ring is 1. The molecule has 1 aliphatic heterocycles. The Hall–Kier alpha value is -0.930. The van der Waals surface area contributed by atoms with Crippen molar-refractivity contribution in [3.05, 3.63) is 17.3 Å². The van der Waals surface area contributed by atoms with Crippen LogP contribution in [0.2, 0.25) is 5.02 Å². The number of halogens is 1. The van der Waals surface area contributed by atoms with Crippen LogP contribution in [0.3, 0.4) is 0 Å². The van der Waals surface area contributed by atoms with Gasteiger partial charge in [-0.15, -0.1) is 0 Å². The fourth-order valence-corrected chi connectivity index (χ4v) is 3.70. The van der Waals surface area contributed by atoms with Crippen molar-refractivity contribution in [3.8, 4) is 0 Å². The second kappa shape index (κ2) is 5.82. The lowest BCUT2D eigenvalue weighted by atomic mass is 9.94. The van der Waals surface area contributed by atoms with E-state index in [1.165, 1.54) is 12.3 Å². The zero-order valence-corrected chi connectivity index (χ0v) is 12.6. The fraction of sp³-hybridized carbons (Fsp3) is 0.545. The molecule has 7 nitrogen and oxygen atoms in total. The summed E-state index contributed by atoms with van der Waals surface area (Å²) < 4.78 is 32.6. The molecule has 9 heteroatoms. The van der Waals surface area contributed by atoms with Gasteiger partial charge in [-0.2, -0.15) is 0 Å². The molecule has 2 heterocycles. The highest BCUT2D eigenvalue weighted by atomic mass is 35.5. The Morgan fingerprint density at radius 3 is 2.65 bits per heavy atom. The van der Waals surface area contributed by atoms with Crippen molar-refractivity contribution in [3.63, 3.8) is 0 Å². The Balaban J connectivity index is 2.24. The average Bonchev–Trinajstić information content (AvgIpc) is 2.38. The fourth-order valence-electron chi connectivity index (χ4n) is 1.98. The van der Waals surface area contributed by atoms with Crippen LogP contribution in [0.4, 0.5) is 5.82 Å². The maximum Gasteiger partial charge on any atom is 0.242 e. The van der Waals surface area contributed by atoms with Gasteiger partial charge >= 0.3 is 0 Å². The predicted molar refractivity (Wildman–Crippen MR) is 75.8 cm³/mol. The van der Waals surface area contributed by atoms with E-state index in [9.17, 15) is 8.42 Å². The van der Waals surface area contributed by atoms with Crippen LogP contribution in [-0.4, -0.2) is 32.2 Å². The molecule has 0 atom stereocenters. The second-order valence-electron chi connectivity index (χ2n) is 4.92. The molecule has 0 saturated carbocycles. The van der Waals surface area contributed by atoms with Crippen LogP contribution in [0.25, 0.3) is 0 Å². The van der Waals surface area contributed by atoms with Gasteiger partial charge in [0.05, 0.1) is 5.02 Å². The van der Waals surface area contributed by atoms with Crippen molar-refractivity contribution >= 4 is 27.4 Å². The Morgan fingerprint density at radius 2 is 2.10 bits per heavy atom. The standard InChI is InChI=1S/C11H17ClN4O3S/c1-11(2-4-19-5-3-11)16-20(17,18)8-6-9(12)10(15-13)14-7-8/h6-7,16H,2-5,13H2,1H3,(H,14,15). The highest BCUT2D eigenvalue weighted by Gasteiger charge is 2.32. The van der Waals surface area contributed by atoms with E-state index < -0.39 is 15.6 Å². The van der Waals surface area contributed by atoms with Gasteiger partial charge in [0, 0.05) is 24.9 Å². The van der Waals surface area contributed by atoms with E-state index in [2.05, 4.69) is 15.1 Å². The summed E-state index contributed by atoms with van der Waals surface area (Å²) in [7, 11) is -3.69. The summed E-state index contributed by atoms with van der Waals surface area (Å²) in [5.74, 6) is 5.43. The van der Waals surface area contributed by atoms with Gasteiger partial charge in [-0.25, -0.2) is 24.0 Å². The van der Waals surface area contributed by atoms with Gasteiger partial charge in [0.1, 0.15) is 4.90 Å². The number of nitrogens with zero attached hydrogens (tertiary/aromatic N) is 1. The molecule has 1 aromatic rings. The number of ether oxygens (including phenoxy) is 1. The topological polar surface area (TPSA) is 106 Å². The third-order valence-electron chi connectivity index (χ3n) is 3.24. The zero-order valence-electron chi connectivity index (χ0n) is 11.0. The number of aromatic nitrogens is 1. The largest absolute Gasteiger partial charge is 0.381 e. The number of pyridine rings is 1. The third kappa shape index (κ3) is 3.39. The number of rotatable bonds is 4. The summed E-state index contributed by atoms with van der Waals surface area (Å²) >= 11 is 5.90. The summed E-state index contributed by atoms with van der Waals surface area (Å²) in [4.78, 5) is 3.88. The molecule has 112 valence electrons. The van der Waals surface area contributed by atoms with Crippen LogP contribution in [0.5, 0.6) is 0 Å². The molecule has 1 fully saturated rings. The normalized spacial score (nSPS) is 18.8. The number of hydrazine groups is 1. The number of hydrogen-bond donors (Lipinski definition) is 3. The van der Waals surface area contributed by atoms with Gasteiger partial charge in [-0.3, -0.25) is 0 Å². The van der Waals surface area contributed by atoms with Crippen molar-refractivity contribution in [1.82, 2.24) is 9.71 Å². The van der Waals surface area contributed by atoms with Crippen LogP contribution in [0.15, 0.2) is 17.2 Å². The summed E-state index contributed by atoms with van der Waals surface area (Å²) in [5, 5.41) is 0.146. The molecule has 0 bridgehead atoms. The highest BCUT2D eigenvalue weighted by molar-refractivity contribution is 7.89.